The molecule has 20 heteroatoms. The number of carbonyl (C=O) groups is 8. The topological polar surface area (TPSA) is 281 Å². The van der Waals surface area contributed by atoms with Crippen LogP contribution >= 0.6 is 0 Å². The minimum Gasteiger partial charge on any atom is -0.459 e. The molecule has 0 saturated heterocycles. The lowest BCUT2D eigenvalue weighted by Gasteiger charge is -2.25. The molecule has 68 heavy (non-hydrogen) atoms. The number of amides is 6. The fraction of sp³-hybridized carbons (Fsp3) is 0.583. The molecule has 2 aromatic carbocycles. The first-order chi connectivity index (χ1) is 31.8. The van der Waals surface area contributed by atoms with E-state index in [4.69, 9.17) is 29.4 Å². The van der Waals surface area contributed by atoms with E-state index < -0.39 is 76.6 Å². The normalized spacial score (nSPS) is 12.9. The Bertz CT molecular complexity index is 1940. The number of benzene rings is 2. The molecule has 0 aliphatic heterocycles. The second-order valence-electron chi connectivity index (χ2n) is 18.8. The van der Waals surface area contributed by atoms with Crippen molar-refractivity contribution in [2.24, 2.45) is 5.73 Å². The molecule has 2 aromatic rings. The average molecular weight is 956 g/mol. The second kappa shape index (κ2) is 28.9. The van der Waals surface area contributed by atoms with Gasteiger partial charge in [-0.25, -0.2) is 9.59 Å². The van der Waals surface area contributed by atoms with Gasteiger partial charge in [0.2, 0.25) is 23.6 Å². The molecular weight excluding hydrogens is 883 g/mol. The predicted molar refractivity (Wildman–Crippen MR) is 254 cm³/mol. The molecule has 3 unspecified atom stereocenters. The van der Waals surface area contributed by atoms with E-state index in [0.29, 0.717) is 36.3 Å². The molecule has 0 aliphatic rings. The van der Waals surface area contributed by atoms with E-state index in [1.165, 1.54) is 0 Å². The minimum absolute atomic E-state index is 0.0141. The number of hydrogen-bond acceptors (Lipinski definition) is 14. The summed E-state index contributed by atoms with van der Waals surface area (Å²) in [5.74, 6) is -3.55. The summed E-state index contributed by atoms with van der Waals surface area (Å²) in [6.07, 6.45) is 0.344. The van der Waals surface area contributed by atoms with Gasteiger partial charge in [-0.15, -0.1) is 0 Å². The van der Waals surface area contributed by atoms with Gasteiger partial charge in [0, 0.05) is 42.9 Å². The number of nitrogens with two attached hydrogens (primary N) is 1. The molecule has 378 valence electrons. The lowest BCUT2D eigenvalue weighted by molar-refractivity contribution is -0.159. The highest BCUT2D eigenvalue weighted by atomic mass is 16.6. The third-order valence-corrected chi connectivity index (χ3v) is 8.94. The smallest absolute Gasteiger partial charge is 0.412 e. The van der Waals surface area contributed by atoms with Crippen molar-refractivity contribution in [1.29, 1.82) is 0 Å². The van der Waals surface area contributed by atoms with Gasteiger partial charge in [0.1, 0.15) is 41.5 Å². The van der Waals surface area contributed by atoms with Crippen molar-refractivity contribution in [1.82, 2.24) is 21.3 Å². The Morgan fingerprint density at radius 1 is 0.544 bits per heavy atom. The zero-order valence-electron chi connectivity index (χ0n) is 41.0. The maximum absolute atomic E-state index is 13.2. The molecule has 6 amide bonds. The predicted octanol–water partition coefficient (Wildman–Crippen LogP) is 4.26. The first kappa shape index (κ1) is 58.0. The highest BCUT2D eigenvalue weighted by molar-refractivity contribution is 5.97. The molecular formula is C48H73N7O13. The van der Waals surface area contributed by atoms with Crippen molar-refractivity contribution in [3.05, 3.63) is 60.2 Å². The lowest BCUT2D eigenvalue weighted by Crippen LogP contribution is -2.45. The van der Waals surface area contributed by atoms with Crippen molar-refractivity contribution in [2.45, 2.75) is 142 Å². The molecule has 0 aliphatic carbocycles. The number of rotatable bonds is 27. The van der Waals surface area contributed by atoms with Crippen molar-refractivity contribution in [2.75, 3.05) is 50.2 Å². The maximum Gasteiger partial charge on any atom is 0.412 e. The van der Waals surface area contributed by atoms with Crippen LogP contribution in [0.25, 0.3) is 0 Å². The van der Waals surface area contributed by atoms with Crippen LogP contribution in [0.5, 0.6) is 0 Å². The van der Waals surface area contributed by atoms with Gasteiger partial charge in [0.15, 0.2) is 0 Å². The van der Waals surface area contributed by atoms with E-state index >= 15 is 0 Å². The number of unbranched alkanes of at least 4 members (excludes halogenated alkanes) is 1. The summed E-state index contributed by atoms with van der Waals surface area (Å²) in [6.45, 7) is 15.8. The second-order valence-corrected chi connectivity index (χ2v) is 18.8. The van der Waals surface area contributed by atoms with Gasteiger partial charge in [-0.1, -0.05) is 18.2 Å². The fourth-order valence-electron chi connectivity index (χ4n) is 5.84. The minimum atomic E-state index is -1.13. The van der Waals surface area contributed by atoms with Crippen LogP contribution in [0.3, 0.4) is 0 Å². The SMILES string of the molecule is CC(C)(C)OC(=O)Nc1ccc(C(=O)NCCCCC(NC(=O)COCCOCCNC(=O)CCC(NC(=O)CCC(N)C(=O)OC(C)(C)C)C(=O)OC(C)(C)C)C(=O)Nc2ccccc2)cc1. The van der Waals surface area contributed by atoms with Crippen LogP contribution in [0.1, 0.15) is 118 Å². The maximum atomic E-state index is 13.2. The molecule has 20 nitrogen and oxygen atoms in total. The summed E-state index contributed by atoms with van der Waals surface area (Å²) in [4.78, 5) is 101. The van der Waals surface area contributed by atoms with E-state index in [1.54, 1.807) is 111 Å². The molecule has 0 radical (unpaired) electrons. The summed E-state index contributed by atoms with van der Waals surface area (Å²) in [7, 11) is 0. The molecule has 0 spiro atoms. The highest BCUT2D eigenvalue weighted by Crippen LogP contribution is 2.15. The number of para-hydroxylation sites is 1. The first-order valence-electron chi connectivity index (χ1n) is 22.8. The Labute approximate surface area is 399 Å². The summed E-state index contributed by atoms with van der Waals surface area (Å²) < 4.78 is 26.9. The van der Waals surface area contributed by atoms with Crippen LogP contribution in [-0.4, -0.2) is 122 Å². The lowest BCUT2D eigenvalue weighted by atomic mass is 10.1. The Morgan fingerprint density at radius 3 is 1.75 bits per heavy atom. The molecule has 0 bridgehead atoms. The van der Waals surface area contributed by atoms with Gasteiger partial charge < -0.3 is 56.0 Å². The van der Waals surface area contributed by atoms with Crippen LogP contribution < -0.4 is 37.6 Å². The van der Waals surface area contributed by atoms with Crippen LogP contribution in [0, 0.1) is 0 Å². The Morgan fingerprint density at radius 2 is 1.12 bits per heavy atom. The zero-order chi connectivity index (χ0) is 50.9. The third kappa shape index (κ3) is 26.9. The van der Waals surface area contributed by atoms with Gasteiger partial charge in [0.25, 0.3) is 5.91 Å². The molecule has 2 rings (SSSR count). The Hall–Kier alpha value is -6.12. The van der Waals surface area contributed by atoms with E-state index in [1.807, 2.05) is 6.07 Å². The van der Waals surface area contributed by atoms with Gasteiger partial charge in [-0.05, 0) is 131 Å². The van der Waals surface area contributed by atoms with Crippen molar-refractivity contribution < 1.29 is 62.0 Å². The molecule has 0 fully saturated rings. The van der Waals surface area contributed by atoms with Crippen LogP contribution in [0.15, 0.2) is 54.6 Å². The largest absolute Gasteiger partial charge is 0.459 e. The van der Waals surface area contributed by atoms with Crippen molar-refractivity contribution in [3.63, 3.8) is 0 Å². The third-order valence-electron chi connectivity index (χ3n) is 8.94. The number of carbonyl (C=O) groups excluding carboxylic acids is 8. The molecule has 0 aromatic heterocycles. The summed E-state index contributed by atoms with van der Waals surface area (Å²) in [5.41, 5.74) is 5.08. The van der Waals surface area contributed by atoms with Crippen LogP contribution in [0.2, 0.25) is 0 Å². The number of hydrogen-bond donors (Lipinski definition) is 7. The summed E-state index contributed by atoms with van der Waals surface area (Å²) in [6, 6.07) is 12.1. The van der Waals surface area contributed by atoms with E-state index in [-0.39, 0.29) is 71.0 Å². The summed E-state index contributed by atoms with van der Waals surface area (Å²) >= 11 is 0. The number of nitrogens with one attached hydrogen (secondary N) is 6. The van der Waals surface area contributed by atoms with Gasteiger partial charge >= 0.3 is 18.0 Å². The summed E-state index contributed by atoms with van der Waals surface area (Å²) in [5, 5.41) is 16.2. The number of esters is 2. The zero-order valence-corrected chi connectivity index (χ0v) is 41.0. The van der Waals surface area contributed by atoms with E-state index in [0.717, 1.165) is 0 Å². The Kier molecular flexibility index (Phi) is 24.7. The molecule has 3 atom stereocenters. The van der Waals surface area contributed by atoms with Crippen LogP contribution in [0.4, 0.5) is 16.2 Å². The number of anilines is 2. The molecule has 8 N–H and O–H groups in total. The van der Waals surface area contributed by atoms with E-state index in [9.17, 15) is 38.4 Å². The highest BCUT2D eigenvalue weighted by Gasteiger charge is 2.29. The van der Waals surface area contributed by atoms with Gasteiger partial charge in [0.05, 0.1) is 19.8 Å². The quantitative estimate of drug-likeness (QED) is 0.0375. The van der Waals surface area contributed by atoms with Crippen LogP contribution in [-0.2, 0) is 52.5 Å². The Balaban J connectivity index is 1.75. The van der Waals surface area contributed by atoms with Gasteiger partial charge in [-0.3, -0.25) is 34.1 Å². The molecule has 0 heterocycles. The standard InChI is InChI=1S/C48H73N7O13/c1-46(2,3)66-43(61)35(49)22-24-39(57)55-37(44(62)67-47(4,5)6)23-25-38(56)50-27-28-64-29-30-65-31-40(58)54-36(42(60)52-33-15-11-10-12-16-33)17-13-14-26-51-41(59)32-18-20-34(21-19-32)53-45(63)68-48(7,8)9/h10-12,15-16,18-21,35-37H,13-14,17,22-31,49H2,1-9H3,(H,50,56)(H,51,59)(H,52,60)(H,53,63)(H,54,58)(H,55,57). The average Bonchev–Trinajstić information content (AvgIpc) is 3.23. The number of ether oxygens (including phenoxy) is 5. The monoisotopic (exact) mass is 956 g/mol. The molecule has 0 saturated carbocycles. The first-order valence-corrected chi connectivity index (χ1v) is 22.8. The fourth-order valence-corrected chi connectivity index (χ4v) is 5.84. The van der Waals surface area contributed by atoms with Crippen molar-refractivity contribution >= 4 is 58.9 Å². The van der Waals surface area contributed by atoms with Crippen molar-refractivity contribution in [3.8, 4) is 0 Å². The van der Waals surface area contributed by atoms with E-state index in [2.05, 4.69) is 31.9 Å². The van der Waals surface area contributed by atoms with Gasteiger partial charge in [-0.2, -0.15) is 0 Å².